The van der Waals surface area contributed by atoms with E-state index in [0.717, 1.165) is 19.0 Å². The largest absolute Gasteiger partial charge is 0.373 e. The van der Waals surface area contributed by atoms with Crippen LogP contribution in [0.1, 0.15) is 37.0 Å². The Morgan fingerprint density at radius 3 is 2.79 bits per heavy atom. The molecule has 0 aliphatic heterocycles. The number of hydrogen-bond acceptors (Lipinski definition) is 5. The highest BCUT2D eigenvalue weighted by molar-refractivity contribution is 5.98. The van der Waals surface area contributed by atoms with Gasteiger partial charge < -0.3 is 10.6 Å². The molecule has 7 nitrogen and oxygen atoms in total. The van der Waals surface area contributed by atoms with Gasteiger partial charge in [-0.05, 0) is 13.3 Å². The summed E-state index contributed by atoms with van der Waals surface area (Å²) in [6, 6.07) is 1.36. The molecule has 1 heterocycles. The van der Waals surface area contributed by atoms with Crippen molar-refractivity contribution in [2.75, 3.05) is 12.4 Å². The molecule has 19 heavy (non-hydrogen) atoms. The van der Waals surface area contributed by atoms with Crippen LogP contribution in [-0.2, 0) is 0 Å². The van der Waals surface area contributed by atoms with Crippen LogP contribution in [0.3, 0.4) is 0 Å². The van der Waals surface area contributed by atoms with Gasteiger partial charge in [0.2, 0.25) is 0 Å². The summed E-state index contributed by atoms with van der Waals surface area (Å²) >= 11 is 0. The third-order valence-corrected chi connectivity index (χ3v) is 2.68. The summed E-state index contributed by atoms with van der Waals surface area (Å²) in [7, 11) is 1.63. The fraction of sp³-hybridized carbons (Fsp3) is 0.500. The highest BCUT2D eigenvalue weighted by Gasteiger charge is 2.22. The van der Waals surface area contributed by atoms with Crippen LogP contribution in [0.25, 0.3) is 0 Å². The first-order valence-corrected chi connectivity index (χ1v) is 6.12. The number of nitrogens with zero attached hydrogens (tertiary/aromatic N) is 2. The lowest BCUT2D eigenvalue weighted by molar-refractivity contribution is -0.385. The zero-order chi connectivity index (χ0) is 14.4. The van der Waals surface area contributed by atoms with Crippen molar-refractivity contribution in [2.24, 2.45) is 0 Å². The zero-order valence-corrected chi connectivity index (χ0v) is 11.3. The number of hydrogen-bond donors (Lipinski definition) is 2. The Balaban J connectivity index is 3.02. The lowest BCUT2D eigenvalue weighted by Gasteiger charge is -2.13. The molecule has 1 aromatic heterocycles. The van der Waals surface area contributed by atoms with E-state index in [-0.39, 0.29) is 17.3 Å². The number of carbonyl (C=O) groups is 1. The quantitative estimate of drug-likeness (QED) is 0.606. The van der Waals surface area contributed by atoms with Gasteiger partial charge >= 0.3 is 0 Å². The fourth-order valence-electron chi connectivity index (χ4n) is 1.72. The Labute approximate surface area is 111 Å². The third-order valence-electron chi connectivity index (χ3n) is 2.68. The van der Waals surface area contributed by atoms with E-state index in [0.29, 0.717) is 5.82 Å². The SMILES string of the molecule is CCCC(C)NC(=O)c1cc(NC)ncc1[N+](=O)[O-]. The lowest BCUT2D eigenvalue weighted by Crippen LogP contribution is -2.32. The van der Waals surface area contributed by atoms with Crippen molar-refractivity contribution in [3.8, 4) is 0 Å². The highest BCUT2D eigenvalue weighted by Crippen LogP contribution is 2.20. The molecule has 0 bridgehead atoms. The second kappa shape index (κ2) is 6.67. The summed E-state index contributed by atoms with van der Waals surface area (Å²) in [4.78, 5) is 26.2. The van der Waals surface area contributed by atoms with E-state index in [1.807, 2.05) is 13.8 Å². The molecule has 2 N–H and O–H groups in total. The van der Waals surface area contributed by atoms with Crippen LogP contribution in [-0.4, -0.2) is 28.9 Å². The van der Waals surface area contributed by atoms with Gasteiger partial charge in [-0.2, -0.15) is 0 Å². The molecule has 0 fully saturated rings. The second-order valence-electron chi connectivity index (χ2n) is 4.26. The van der Waals surface area contributed by atoms with Crippen molar-refractivity contribution in [3.63, 3.8) is 0 Å². The molecule has 0 spiro atoms. The van der Waals surface area contributed by atoms with Gasteiger partial charge in [-0.25, -0.2) is 4.98 Å². The number of nitrogens with one attached hydrogen (secondary N) is 2. The number of pyridine rings is 1. The van der Waals surface area contributed by atoms with E-state index in [1.54, 1.807) is 7.05 Å². The predicted octanol–water partition coefficient (Wildman–Crippen LogP) is 1.95. The van der Waals surface area contributed by atoms with Crippen molar-refractivity contribution in [1.29, 1.82) is 0 Å². The summed E-state index contributed by atoms with van der Waals surface area (Å²) in [6.45, 7) is 3.88. The Morgan fingerprint density at radius 2 is 2.26 bits per heavy atom. The summed E-state index contributed by atoms with van der Waals surface area (Å²) in [5.74, 6) is -0.0366. The Hall–Kier alpha value is -2.18. The van der Waals surface area contributed by atoms with Crippen molar-refractivity contribution in [3.05, 3.63) is 27.9 Å². The number of carbonyl (C=O) groups excluding carboxylic acids is 1. The first-order valence-electron chi connectivity index (χ1n) is 6.12. The number of nitro groups is 1. The maximum absolute atomic E-state index is 12.1. The van der Waals surface area contributed by atoms with Crippen molar-refractivity contribution in [1.82, 2.24) is 10.3 Å². The average Bonchev–Trinajstić information content (AvgIpc) is 2.37. The number of anilines is 1. The smallest absolute Gasteiger partial charge is 0.300 e. The summed E-state index contributed by atoms with van der Waals surface area (Å²) in [5.41, 5.74) is -0.271. The van der Waals surface area contributed by atoms with Crippen LogP contribution in [0.2, 0.25) is 0 Å². The van der Waals surface area contributed by atoms with E-state index in [1.165, 1.54) is 6.07 Å². The molecule has 1 rings (SSSR count). The molecule has 1 aromatic rings. The zero-order valence-electron chi connectivity index (χ0n) is 11.3. The van der Waals surface area contributed by atoms with Gasteiger partial charge in [-0.1, -0.05) is 13.3 Å². The van der Waals surface area contributed by atoms with Crippen molar-refractivity contribution < 1.29 is 9.72 Å². The highest BCUT2D eigenvalue weighted by atomic mass is 16.6. The molecular weight excluding hydrogens is 248 g/mol. The molecule has 0 aromatic carbocycles. The minimum atomic E-state index is -0.605. The number of rotatable bonds is 6. The topological polar surface area (TPSA) is 97.2 Å². The Kier molecular flexibility index (Phi) is 5.23. The molecule has 0 saturated heterocycles. The summed E-state index contributed by atoms with van der Waals surface area (Å²) < 4.78 is 0. The lowest BCUT2D eigenvalue weighted by atomic mass is 10.1. The van der Waals surface area contributed by atoms with Crippen LogP contribution >= 0.6 is 0 Å². The molecule has 0 radical (unpaired) electrons. The average molecular weight is 266 g/mol. The normalized spacial score (nSPS) is 11.7. The number of amides is 1. The van der Waals surface area contributed by atoms with E-state index < -0.39 is 10.8 Å². The van der Waals surface area contributed by atoms with E-state index in [2.05, 4.69) is 15.6 Å². The number of aromatic nitrogens is 1. The molecule has 7 heteroatoms. The Morgan fingerprint density at radius 1 is 1.58 bits per heavy atom. The fourth-order valence-corrected chi connectivity index (χ4v) is 1.72. The van der Waals surface area contributed by atoms with Crippen LogP contribution in [0.5, 0.6) is 0 Å². The van der Waals surface area contributed by atoms with Crippen molar-refractivity contribution in [2.45, 2.75) is 32.7 Å². The molecule has 1 unspecified atom stereocenters. The molecule has 1 atom stereocenters. The third kappa shape index (κ3) is 3.90. The predicted molar refractivity (Wildman–Crippen MR) is 72.3 cm³/mol. The van der Waals surface area contributed by atoms with E-state index >= 15 is 0 Å². The van der Waals surface area contributed by atoms with Gasteiger partial charge in [-0.15, -0.1) is 0 Å². The van der Waals surface area contributed by atoms with E-state index in [4.69, 9.17) is 0 Å². The van der Waals surface area contributed by atoms with Crippen LogP contribution < -0.4 is 10.6 Å². The molecule has 1 amide bonds. The molecular formula is C12H18N4O3. The molecule has 0 aliphatic carbocycles. The molecule has 0 aliphatic rings. The standard InChI is InChI=1S/C12H18N4O3/c1-4-5-8(2)15-12(17)9-6-11(13-3)14-7-10(9)16(18)19/h6-8H,4-5H2,1-3H3,(H,13,14)(H,15,17). The van der Waals surface area contributed by atoms with Gasteiger partial charge in [0.15, 0.2) is 0 Å². The Bertz CT molecular complexity index is 476. The van der Waals surface area contributed by atoms with Gasteiger partial charge in [-0.3, -0.25) is 14.9 Å². The maximum atomic E-state index is 12.1. The minimum absolute atomic E-state index is 0.0207. The monoisotopic (exact) mass is 266 g/mol. The second-order valence-corrected chi connectivity index (χ2v) is 4.26. The van der Waals surface area contributed by atoms with Crippen molar-refractivity contribution >= 4 is 17.4 Å². The van der Waals surface area contributed by atoms with Gasteiger partial charge in [0.25, 0.3) is 11.6 Å². The molecule has 0 saturated carbocycles. The maximum Gasteiger partial charge on any atom is 0.300 e. The summed E-state index contributed by atoms with van der Waals surface area (Å²) in [6.07, 6.45) is 2.84. The first kappa shape index (κ1) is 14.9. The molecule has 104 valence electrons. The van der Waals surface area contributed by atoms with Crippen LogP contribution in [0, 0.1) is 10.1 Å². The summed E-state index contributed by atoms with van der Waals surface area (Å²) in [5, 5.41) is 16.4. The first-order chi connectivity index (χ1) is 8.99. The van der Waals surface area contributed by atoms with Gasteiger partial charge in [0.1, 0.15) is 17.6 Å². The minimum Gasteiger partial charge on any atom is -0.373 e. The van der Waals surface area contributed by atoms with Gasteiger partial charge in [0.05, 0.1) is 4.92 Å². The van der Waals surface area contributed by atoms with Crippen LogP contribution in [0.15, 0.2) is 12.3 Å². The van der Waals surface area contributed by atoms with Crippen LogP contribution in [0.4, 0.5) is 11.5 Å². The van der Waals surface area contributed by atoms with Gasteiger partial charge in [0, 0.05) is 19.2 Å². The van der Waals surface area contributed by atoms with E-state index in [9.17, 15) is 14.9 Å².